The monoisotopic (exact) mass is 169 g/mol. The Morgan fingerprint density at radius 3 is 2.09 bits per heavy atom. The van der Waals surface area contributed by atoms with Gasteiger partial charge in [-0.2, -0.15) is 0 Å². The lowest BCUT2D eigenvalue weighted by atomic mass is 10.2. The summed E-state index contributed by atoms with van der Waals surface area (Å²) in [6.45, 7) is 9.26. The van der Waals surface area contributed by atoms with E-state index in [-0.39, 0.29) is 0 Å². The third-order valence-corrected chi connectivity index (χ3v) is 8.57. The van der Waals surface area contributed by atoms with Crippen molar-refractivity contribution in [1.29, 1.82) is 0 Å². The largest absolute Gasteiger partial charge is 0.365 e. The summed E-state index contributed by atoms with van der Waals surface area (Å²) in [7, 11) is 5.40. The van der Waals surface area contributed by atoms with E-state index in [4.69, 9.17) is 7.57 Å². The molecule has 0 amide bonds. The quantitative estimate of drug-likeness (QED) is 0.386. The molecule has 1 saturated heterocycles. The Kier molecular flexibility index (Phi) is 2.41. The van der Waals surface area contributed by atoms with Gasteiger partial charge < -0.3 is 0 Å². The summed E-state index contributed by atoms with van der Waals surface area (Å²) in [6, 6.07) is 0. The van der Waals surface area contributed by atoms with Crippen LogP contribution >= 0.6 is 7.14 Å². The molecular weight excluding hydrogens is 150 g/mol. The van der Waals surface area contributed by atoms with Crippen molar-refractivity contribution in [3.63, 3.8) is 0 Å². The molecule has 1 fully saturated rings. The van der Waals surface area contributed by atoms with Crippen molar-refractivity contribution in [2.45, 2.75) is 51.4 Å². The summed E-state index contributed by atoms with van der Waals surface area (Å²) < 4.78 is 0. The highest BCUT2D eigenvalue weighted by molar-refractivity contribution is 7.99. The van der Waals surface area contributed by atoms with Crippen molar-refractivity contribution in [2.24, 2.45) is 0 Å². The molecule has 2 radical (unpaired) electrons. The van der Waals surface area contributed by atoms with E-state index in [1.807, 2.05) is 0 Å². The molecule has 0 N–H and O–H groups in total. The predicted molar refractivity (Wildman–Crippen MR) is 56.0 cm³/mol. The highest BCUT2D eigenvalue weighted by Crippen LogP contribution is 2.72. The average Bonchev–Trinajstić information content (AvgIpc) is 2.12. The molecule has 0 aromatic rings. The van der Waals surface area contributed by atoms with E-state index in [2.05, 4.69) is 27.7 Å². The van der Waals surface area contributed by atoms with E-state index >= 15 is 0 Å². The highest BCUT2D eigenvalue weighted by Gasteiger charge is 2.51. The van der Waals surface area contributed by atoms with Crippen LogP contribution in [0.15, 0.2) is 0 Å². The van der Waals surface area contributed by atoms with Gasteiger partial charge in [0.05, 0.1) is 10.8 Å². The summed E-state index contributed by atoms with van der Waals surface area (Å²) in [5, 5.41) is 0.378. The minimum atomic E-state index is -1.09. The van der Waals surface area contributed by atoms with Gasteiger partial charge in [-0.1, -0.05) is 0 Å². The fourth-order valence-electron chi connectivity index (χ4n) is 2.10. The van der Waals surface area contributed by atoms with Crippen molar-refractivity contribution < 1.29 is 0 Å². The van der Waals surface area contributed by atoms with Gasteiger partial charge in [0.1, 0.15) is 0 Å². The van der Waals surface area contributed by atoms with Crippen LogP contribution in [0.4, 0.5) is 0 Å². The summed E-state index contributed by atoms with van der Waals surface area (Å²) in [4.78, 5) is 0. The van der Waals surface area contributed by atoms with E-state index in [9.17, 15) is 0 Å². The first-order chi connectivity index (χ1) is 4.88. The Balaban J connectivity index is 2.81. The average molecular weight is 169 g/mol. The Bertz CT molecular complexity index is 150. The lowest BCUT2D eigenvalue weighted by Crippen LogP contribution is -2.25. The van der Waals surface area contributed by atoms with Gasteiger partial charge in [-0.25, -0.2) is 0 Å². The van der Waals surface area contributed by atoms with Crippen LogP contribution in [0.1, 0.15) is 40.5 Å². The fraction of sp³-hybridized carbons (Fsp3) is 1.00. The van der Waals surface area contributed by atoms with E-state index in [1.165, 1.54) is 19.0 Å². The minimum Gasteiger partial charge on any atom is -0.0322 e. The smallest absolute Gasteiger partial charge is 0.0322 e. The molecule has 0 aliphatic carbocycles. The van der Waals surface area contributed by atoms with E-state index in [0.717, 1.165) is 5.66 Å². The van der Waals surface area contributed by atoms with Crippen LogP contribution in [0.3, 0.4) is 0 Å². The normalized spacial score (nSPS) is 39.5. The second kappa shape index (κ2) is 2.77. The lowest BCUT2D eigenvalue weighted by molar-refractivity contribution is 0.764. The molecule has 1 aliphatic rings. The van der Waals surface area contributed by atoms with E-state index in [0.29, 0.717) is 5.16 Å². The third kappa shape index (κ3) is 1.50. The van der Waals surface area contributed by atoms with Gasteiger partial charge in [-0.3, -0.25) is 0 Å². The number of hydrogen-bond donors (Lipinski definition) is 0. The molecule has 0 spiro atoms. The maximum Gasteiger partial charge on any atom is 0.365 e. The molecule has 0 saturated carbocycles. The first-order valence-corrected chi connectivity index (χ1v) is 6.65. The maximum absolute atomic E-state index is 6.49. The SMILES string of the molecule is [B][P+]1(C(C)(C)C)CCCC1C. The molecular formula is C9H19BP+. The van der Waals surface area contributed by atoms with Crippen molar-refractivity contribution >= 4 is 14.7 Å². The molecule has 0 bridgehead atoms. The Morgan fingerprint density at radius 1 is 1.36 bits per heavy atom. The maximum atomic E-state index is 6.49. The topological polar surface area (TPSA) is 0 Å². The zero-order valence-electron chi connectivity index (χ0n) is 8.22. The minimum absolute atomic E-state index is 0.378. The molecule has 1 heterocycles. The second-order valence-electron chi connectivity index (χ2n) is 4.82. The van der Waals surface area contributed by atoms with Crippen LogP contribution in [0.5, 0.6) is 0 Å². The first-order valence-electron chi connectivity index (χ1n) is 4.54. The predicted octanol–water partition coefficient (Wildman–Crippen LogP) is 3.07. The molecule has 2 unspecified atom stereocenters. The van der Waals surface area contributed by atoms with Crippen LogP contribution in [0.2, 0.25) is 0 Å². The molecule has 2 atom stereocenters. The Hall–Kier alpha value is 0.495. The van der Waals surface area contributed by atoms with Gasteiger partial charge in [0, 0.05) is 6.16 Å². The Morgan fingerprint density at radius 2 is 1.91 bits per heavy atom. The number of rotatable bonds is 0. The van der Waals surface area contributed by atoms with E-state index < -0.39 is 7.14 Å². The third-order valence-electron chi connectivity index (χ3n) is 3.19. The fourth-order valence-corrected chi connectivity index (χ4v) is 5.88. The molecule has 62 valence electrons. The number of hydrogen-bond acceptors (Lipinski definition) is 0. The highest BCUT2D eigenvalue weighted by atomic mass is 31.2. The van der Waals surface area contributed by atoms with Crippen molar-refractivity contribution in [3.05, 3.63) is 0 Å². The molecule has 2 heteroatoms. The summed E-state index contributed by atoms with van der Waals surface area (Å²) in [5.74, 6) is 0. The van der Waals surface area contributed by atoms with Gasteiger partial charge in [0.2, 0.25) is 0 Å². The first kappa shape index (κ1) is 9.58. The van der Waals surface area contributed by atoms with Crippen LogP contribution in [-0.2, 0) is 0 Å². The van der Waals surface area contributed by atoms with Crippen LogP contribution in [0.25, 0.3) is 0 Å². The van der Waals surface area contributed by atoms with Gasteiger partial charge in [0.25, 0.3) is 0 Å². The van der Waals surface area contributed by atoms with Crippen LogP contribution < -0.4 is 0 Å². The molecule has 11 heavy (non-hydrogen) atoms. The second-order valence-corrected chi connectivity index (χ2v) is 9.35. The molecule has 0 aromatic carbocycles. The van der Waals surface area contributed by atoms with E-state index in [1.54, 1.807) is 0 Å². The van der Waals surface area contributed by atoms with Crippen molar-refractivity contribution in [3.8, 4) is 0 Å². The summed E-state index contributed by atoms with van der Waals surface area (Å²) in [6.07, 6.45) is 4.04. The zero-order valence-corrected chi connectivity index (χ0v) is 9.12. The molecule has 0 aromatic heterocycles. The summed E-state index contributed by atoms with van der Waals surface area (Å²) in [5.41, 5.74) is 0.808. The zero-order chi connectivity index (χ0) is 8.70. The van der Waals surface area contributed by atoms with Gasteiger partial charge >= 0.3 is 7.57 Å². The van der Waals surface area contributed by atoms with Crippen molar-refractivity contribution in [2.75, 3.05) is 6.16 Å². The van der Waals surface area contributed by atoms with Gasteiger partial charge in [-0.15, -0.1) is 0 Å². The lowest BCUT2D eigenvalue weighted by Gasteiger charge is -2.36. The molecule has 1 aliphatic heterocycles. The van der Waals surface area contributed by atoms with Crippen molar-refractivity contribution in [1.82, 2.24) is 0 Å². The van der Waals surface area contributed by atoms with Crippen LogP contribution in [-0.4, -0.2) is 24.5 Å². The standard InChI is InChI=1S/C9H19BP/c1-8-6-5-7-11(8,10)9(2,3)4/h8H,5-7H2,1-4H3/q+1. The van der Waals surface area contributed by atoms with Gasteiger partial charge in [0.15, 0.2) is 0 Å². The van der Waals surface area contributed by atoms with Gasteiger partial charge in [-0.05, 0) is 47.7 Å². The molecule has 1 rings (SSSR count). The molecule has 0 nitrogen and oxygen atoms in total. The van der Waals surface area contributed by atoms with Crippen LogP contribution in [0, 0.1) is 0 Å². The Labute approximate surface area is 72.8 Å². The summed E-state index contributed by atoms with van der Waals surface area (Å²) >= 11 is 0.